The number of halogens is 1. The van der Waals surface area contributed by atoms with Crippen LogP contribution in [0.15, 0.2) is 36.4 Å². The van der Waals surface area contributed by atoms with Crippen LogP contribution in [0.1, 0.15) is 11.4 Å². The molecule has 0 bridgehead atoms. The first-order chi connectivity index (χ1) is 9.26. The highest BCUT2D eigenvalue weighted by molar-refractivity contribution is 7.10. The molecule has 2 aromatic carbocycles. The molecule has 19 heavy (non-hydrogen) atoms. The third kappa shape index (κ3) is 2.55. The van der Waals surface area contributed by atoms with E-state index in [1.807, 2.05) is 18.2 Å². The summed E-state index contributed by atoms with van der Waals surface area (Å²) < 4.78 is 9.99. The van der Waals surface area contributed by atoms with E-state index in [1.165, 1.54) is 22.5 Å². The van der Waals surface area contributed by atoms with E-state index in [-0.39, 0.29) is 0 Å². The van der Waals surface area contributed by atoms with E-state index < -0.39 is 0 Å². The number of rotatable bonds is 3. The van der Waals surface area contributed by atoms with Crippen LogP contribution in [-0.2, 0) is 6.42 Å². The molecule has 0 amide bonds. The van der Waals surface area contributed by atoms with Crippen molar-refractivity contribution in [2.75, 3.05) is 7.11 Å². The highest BCUT2D eigenvalue weighted by Crippen LogP contribution is 2.25. The Morgan fingerprint density at radius 1 is 1.26 bits per heavy atom. The van der Waals surface area contributed by atoms with E-state index in [0.29, 0.717) is 10.9 Å². The number of nitrogens with zero attached hydrogens (tertiary/aromatic N) is 2. The minimum atomic E-state index is 0.479. The van der Waals surface area contributed by atoms with Crippen molar-refractivity contribution < 1.29 is 4.74 Å². The predicted molar refractivity (Wildman–Crippen MR) is 78.2 cm³/mol. The van der Waals surface area contributed by atoms with E-state index in [1.54, 1.807) is 7.11 Å². The monoisotopic (exact) mass is 290 g/mol. The summed E-state index contributed by atoms with van der Waals surface area (Å²) in [5.41, 5.74) is 1.17. The molecule has 3 rings (SSSR count). The highest BCUT2D eigenvalue weighted by Gasteiger charge is 2.07. The summed E-state index contributed by atoms with van der Waals surface area (Å²) in [6.45, 7) is 0. The maximum Gasteiger partial charge on any atom is 0.203 e. The Morgan fingerprint density at radius 3 is 2.89 bits per heavy atom. The largest absolute Gasteiger partial charge is 0.497 e. The lowest BCUT2D eigenvalue weighted by atomic mass is 10.0. The van der Waals surface area contributed by atoms with Gasteiger partial charge < -0.3 is 4.74 Å². The first kappa shape index (κ1) is 12.4. The highest BCUT2D eigenvalue weighted by atomic mass is 35.5. The second-order valence-electron chi connectivity index (χ2n) is 4.14. The Kier molecular flexibility index (Phi) is 3.36. The van der Waals surface area contributed by atoms with Crippen molar-refractivity contribution in [3.05, 3.63) is 52.3 Å². The first-order valence-electron chi connectivity index (χ1n) is 5.80. The Balaban J connectivity index is 2.06. The molecule has 0 aliphatic carbocycles. The number of ether oxygens (including phenoxy) is 1. The quantitative estimate of drug-likeness (QED) is 0.733. The van der Waals surface area contributed by atoms with Crippen LogP contribution in [0.3, 0.4) is 0 Å². The summed E-state index contributed by atoms with van der Waals surface area (Å²) in [4.78, 5) is 4.20. The van der Waals surface area contributed by atoms with Crippen LogP contribution >= 0.6 is 23.1 Å². The number of benzene rings is 2. The van der Waals surface area contributed by atoms with Crippen molar-refractivity contribution >= 4 is 33.9 Å². The van der Waals surface area contributed by atoms with Gasteiger partial charge in [-0.1, -0.05) is 24.3 Å². The Hall–Kier alpha value is -1.65. The molecule has 0 saturated carbocycles. The molecule has 0 atom stereocenters. The number of methoxy groups -OCH3 is 1. The van der Waals surface area contributed by atoms with Crippen LogP contribution in [0.5, 0.6) is 5.75 Å². The van der Waals surface area contributed by atoms with Crippen molar-refractivity contribution in [1.29, 1.82) is 0 Å². The summed E-state index contributed by atoms with van der Waals surface area (Å²) in [6.07, 6.45) is 0.674. The zero-order valence-corrected chi connectivity index (χ0v) is 11.8. The number of hydrogen-bond acceptors (Lipinski definition) is 4. The van der Waals surface area contributed by atoms with Crippen molar-refractivity contribution in [3.63, 3.8) is 0 Å². The molecule has 5 heteroatoms. The van der Waals surface area contributed by atoms with Crippen molar-refractivity contribution in [3.8, 4) is 5.75 Å². The standard InChI is InChI=1S/C14H11ClN2OS/c1-18-11-6-5-9-3-2-4-10(12(9)8-11)7-13-16-14(15)19-17-13/h2-6,8H,7H2,1H3. The average molecular weight is 291 g/mol. The minimum absolute atomic E-state index is 0.479. The molecule has 0 saturated heterocycles. The third-order valence-corrected chi connectivity index (χ3v) is 3.81. The molecule has 0 unspecified atom stereocenters. The maximum atomic E-state index is 5.82. The minimum Gasteiger partial charge on any atom is -0.497 e. The van der Waals surface area contributed by atoms with E-state index in [0.717, 1.165) is 17.0 Å². The smallest absolute Gasteiger partial charge is 0.203 e. The lowest BCUT2D eigenvalue weighted by Gasteiger charge is -2.07. The molecule has 0 aliphatic heterocycles. The molecule has 0 aliphatic rings. The molecule has 96 valence electrons. The van der Waals surface area contributed by atoms with Crippen LogP contribution in [0.2, 0.25) is 4.47 Å². The molecule has 0 fully saturated rings. The first-order valence-corrected chi connectivity index (χ1v) is 6.95. The SMILES string of the molecule is COc1ccc2cccc(Cc3nsc(Cl)n3)c2c1. The average Bonchev–Trinajstić information content (AvgIpc) is 2.84. The van der Waals surface area contributed by atoms with Gasteiger partial charge in [-0.15, -0.1) is 0 Å². The maximum absolute atomic E-state index is 5.82. The van der Waals surface area contributed by atoms with Crippen molar-refractivity contribution in [1.82, 2.24) is 9.36 Å². The summed E-state index contributed by atoms with van der Waals surface area (Å²) in [5.74, 6) is 1.61. The van der Waals surface area contributed by atoms with Gasteiger partial charge in [0.1, 0.15) is 11.6 Å². The summed E-state index contributed by atoms with van der Waals surface area (Å²) in [6, 6.07) is 12.3. The molecular weight excluding hydrogens is 280 g/mol. The van der Waals surface area contributed by atoms with Gasteiger partial charge >= 0.3 is 0 Å². The fourth-order valence-electron chi connectivity index (χ4n) is 2.07. The summed E-state index contributed by atoms with van der Waals surface area (Å²) in [5, 5.41) is 2.34. The zero-order valence-electron chi connectivity index (χ0n) is 10.3. The molecule has 3 nitrogen and oxygen atoms in total. The van der Waals surface area contributed by atoms with Crippen LogP contribution in [0, 0.1) is 0 Å². The van der Waals surface area contributed by atoms with Crippen LogP contribution in [0.4, 0.5) is 0 Å². The van der Waals surface area contributed by atoms with Gasteiger partial charge in [0, 0.05) is 6.42 Å². The van der Waals surface area contributed by atoms with Gasteiger partial charge in [-0.25, -0.2) is 4.98 Å². The number of hydrogen-bond donors (Lipinski definition) is 0. The summed E-state index contributed by atoms with van der Waals surface area (Å²) >= 11 is 7.03. The molecule has 1 heterocycles. The Bertz CT molecular complexity index is 726. The fraction of sp³-hybridized carbons (Fsp3) is 0.143. The zero-order chi connectivity index (χ0) is 13.2. The second kappa shape index (κ2) is 5.15. The van der Waals surface area contributed by atoms with Crippen LogP contribution in [-0.4, -0.2) is 16.5 Å². The van der Waals surface area contributed by atoms with Gasteiger partial charge in [-0.3, -0.25) is 0 Å². The number of aromatic nitrogens is 2. The number of fused-ring (bicyclic) bond motifs is 1. The third-order valence-electron chi connectivity index (χ3n) is 2.97. The van der Waals surface area contributed by atoms with E-state index in [2.05, 4.69) is 27.6 Å². The van der Waals surface area contributed by atoms with Crippen molar-refractivity contribution in [2.24, 2.45) is 0 Å². The molecular formula is C14H11ClN2OS. The Morgan fingerprint density at radius 2 is 2.16 bits per heavy atom. The van der Waals surface area contributed by atoms with Gasteiger partial charge in [0.15, 0.2) is 0 Å². The van der Waals surface area contributed by atoms with Gasteiger partial charge in [0.05, 0.1) is 7.11 Å². The van der Waals surface area contributed by atoms with Crippen LogP contribution < -0.4 is 4.74 Å². The van der Waals surface area contributed by atoms with E-state index in [9.17, 15) is 0 Å². The van der Waals surface area contributed by atoms with Gasteiger partial charge in [0.2, 0.25) is 4.47 Å². The lowest BCUT2D eigenvalue weighted by Crippen LogP contribution is -1.92. The summed E-state index contributed by atoms with van der Waals surface area (Å²) in [7, 11) is 1.67. The molecule has 1 aromatic heterocycles. The lowest BCUT2D eigenvalue weighted by molar-refractivity contribution is 0.415. The van der Waals surface area contributed by atoms with Gasteiger partial charge in [-0.05, 0) is 51.6 Å². The van der Waals surface area contributed by atoms with Gasteiger partial charge in [-0.2, -0.15) is 4.37 Å². The topological polar surface area (TPSA) is 35.0 Å². The van der Waals surface area contributed by atoms with Gasteiger partial charge in [0.25, 0.3) is 0 Å². The second-order valence-corrected chi connectivity index (χ2v) is 5.48. The molecule has 0 radical (unpaired) electrons. The molecule has 0 spiro atoms. The van der Waals surface area contributed by atoms with E-state index >= 15 is 0 Å². The van der Waals surface area contributed by atoms with Crippen molar-refractivity contribution in [2.45, 2.75) is 6.42 Å². The van der Waals surface area contributed by atoms with Crippen LogP contribution in [0.25, 0.3) is 10.8 Å². The Labute approximate surface area is 120 Å². The fourth-order valence-corrected chi connectivity index (χ4v) is 2.71. The molecule has 3 aromatic rings. The normalized spacial score (nSPS) is 10.8. The molecule has 0 N–H and O–H groups in total. The van der Waals surface area contributed by atoms with E-state index in [4.69, 9.17) is 16.3 Å². The predicted octanol–water partition coefficient (Wildman–Crippen LogP) is 3.94.